The van der Waals surface area contributed by atoms with Gasteiger partial charge in [0.15, 0.2) is 0 Å². The van der Waals surface area contributed by atoms with Crippen molar-refractivity contribution in [3.8, 4) is 0 Å². The molecule has 0 radical (unpaired) electrons. The first-order chi connectivity index (χ1) is 8.93. The van der Waals surface area contributed by atoms with Crippen LogP contribution in [-0.4, -0.2) is 23.1 Å². The van der Waals surface area contributed by atoms with Crippen LogP contribution in [0.1, 0.15) is 24.3 Å². The maximum Gasteiger partial charge on any atom is 0.225 e. The molecule has 92 valence electrons. The number of benzene rings is 1. The van der Waals surface area contributed by atoms with Crippen LogP contribution in [0.2, 0.25) is 0 Å². The van der Waals surface area contributed by atoms with E-state index >= 15 is 0 Å². The lowest BCUT2D eigenvalue weighted by molar-refractivity contribution is 0.499. The van der Waals surface area contributed by atoms with Gasteiger partial charge in [-0.2, -0.15) is 0 Å². The molecule has 0 saturated carbocycles. The van der Waals surface area contributed by atoms with Crippen molar-refractivity contribution in [3.05, 3.63) is 54.4 Å². The van der Waals surface area contributed by atoms with Gasteiger partial charge in [-0.05, 0) is 30.4 Å². The van der Waals surface area contributed by atoms with E-state index in [0.717, 1.165) is 19.0 Å². The van der Waals surface area contributed by atoms with Crippen molar-refractivity contribution in [2.75, 3.05) is 18.0 Å². The van der Waals surface area contributed by atoms with Crippen LogP contribution in [0, 0.1) is 0 Å². The summed E-state index contributed by atoms with van der Waals surface area (Å²) in [6, 6.07) is 12.7. The molecular formula is C15H17N3. The molecule has 0 atom stereocenters. The molecule has 1 aromatic heterocycles. The zero-order valence-corrected chi connectivity index (χ0v) is 10.4. The van der Waals surface area contributed by atoms with Crippen LogP contribution in [0.5, 0.6) is 0 Å². The van der Waals surface area contributed by atoms with Gasteiger partial charge in [-0.25, -0.2) is 9.97 Å². The van der Waals surface area contributed by atoms with Gasteiger partial charge >= 0.3 is 0 Å². The Labute approximate surface area is 108 Å². The molecule has 3 nitrogen and oxygen atoms in total. The van der Waals surface area contributed by atoms with Crippen molar-refractivity contribution in [1.82, 2.24) is 9.97 Å². The molecule has 2 aromatic rings. The molecular weight excluding hydrogens is 222 g/mol. The number of piperidine rings is 1. The summed E-state index contributed by atoms with van der Waals surface area (Å²) in [5, 5.41) is 0. The van der Waals surface area contributed by atoms with Crippen molar-refractivity contribution >= 4 is 5.95 Å². The van der Waals surface area contributed by atoms with E-state index in [2.05, 4.69) is 45.2 Å². The zero-order valence-electron chi connectivity index (χ0n) is 10.4. The second-order valence-corrected chi connectivity index (χ2v) is 4.72. The molecule has 1 aliphatic heterocycles. The molecule has 0 amide bonds. The van der Waals surface area contributed by atoms with E-state index in [-0.39, 0.29) is 0 Å². The summed E-state index contributed by atoms with van der Waals surface area (Å²) in [6.07, 6.45) is 5.99. The van der Waals surface area contributed by atoms with Crippen molar-refractivity contribution in [2.45, 2.75) is 18.8 Å². The van der Waals surface area contributed by atoms with Crippen LogP contribution in [-0.2, 0) is 0 Å². The molecule has 1 aliphatic rings. The summed E-state index contributed by atoms with van der Waals surface area (Å²) in [5.74, 6) is 1.55. The highest BCUT2D eigenvalue weighted by atomic mass is 15.2. The highest BCUT2D eigenvalue weighted by molar-refractivity contribution is 5.31. The summed E-state index contributed by atoms with van der Waals surface area (Å²) in [5.41, 5.74) is 1.46. The molecule has 0 unspecified atom stereocenters. The zero-order chi connectivity index (χ0) is 12.2. The highest BCUT2D eigenvalue weighted by Crippen LogP contribution is 2.28. The molecule has 3 heteroatoms. The van der Waals surface area contributed by atoms with Crippen molar-refractivity contribution in [3.63, 3.8) is 0 Å². The quantitative estimate of drug-likeness (QED) is 0.807. The fourth-order valence-electron chi connectivity index (χ4n) is 2.59. The fourth-order valence-corrected chi connectivity index (χ4v) is 2.59. The molecule has 0 N–H and O–H groups in total. The molecule has 0 spiro atoms. The number of nitrogens with zero attached hydrogens (tertiary/aromatic N) is 3. The van der Waals surface area contributed by atoms with Crippen LogP contribution < -0.4 is 4.90 Å². The normalized spacial score (nSPS) is 16.8. The molecule has 0 aliphatic carbocycles. The summed E-state index contributed by atoms with van der Waals surface area (Å²) in [4.78, 5) is 10.9. The van der Waals surface area contributed by atoms with E-state index in [0.29, 0.717) is 5.92 Å². The van der Waals surface area contributed by atoms with E-state index in [1.54, 1.807) is 0 Å². The van der Waals surface area contributed by atoms with E-state index in [1.807, 2.05) is 18.5 Å². The second kappa shape index (κ2) is 5.17. The van der Waals surface area contributed by atoms with Crippen molar-refractivity contribution < 1.29 is 0 Å². The van der Waals surface area contributed by atoms with Gasteiger partial charge in [0.1, 0.15) is 0 Å². The van der Waals surface area contributed by atoms with Crippen molar-refractivity contribution in [2.24, 2.45) is 0 Å². The number of aromatic nitrogens is 2. The maximum absolute atomic E-state index is 4.32. The van der Waals surface area contributed by atoms with Gasteiger partial charge in [-0.15, -0.1) is 0 Å². The molecule has 2 heterocycles. The first kappa shape index (κ1) is 11.2. The van der Waals surface area contributed by atoms with Gasteiger partial charge in [0.25, 0.3) is 0 Å². The number of hydrogen-bond acceptors (Lipinski definition) is 3. The number of rotatable bonds is 2. The summed E-state index contributed by atoms with van der Waals surface area (Å²) in [7, 11) is 0. The molecule has 1 fully saturated rings. The Balaban J connectivity index is 1.65. The molecule has 3 rings (SSSR count). The van der Waals surface area contributed by atoms with Crippen LogP contribution in [0.3, 0.4) is 0 Å². The smallest absolute Gasteiger partial charge is 0.225 e. The third-order valence-electron chi connectivity index (χ3n) is 3.60. The standard InChI is InChI=1S/C15H17N3/c1-2-5-13(6-3-1)14-7-11-18(12-8-14)15-16-9-4-10-17-15/h1-6,9-10,14H,7-8,11-12H2. The predicted molar refractivity (Wildman–Crippen MR) is 72.7 cm³/mol. The Hall–Kier alpha value is -1.90. The minimum absolute atomic E-state index is 0.686. The largest absolute Gasteiger partial charge is 0.341 e. The molecule has 18 heavy (non-hydrogen) atoms. The van der Waals surface area contributed by atoms with Crippen LogP contribution in [0.25, 0.3) is 0 Å². The predicted octanol–water partition coefficient (Wildman–Crippen LogP) is 2.86. The highest BCUT2D eigenvalue weighted by Gasteiger charge is 2.21. The Morgan fingerprint density at radius 2 is 1.56 bits per heavy atom. The lowest BCUT2D eigenvalue weighted by atomic mass is 9.90. The minimum Gasteiger partial charge on any atom is -0.341 e. The van der Waals surface area contributed by atoms with E-state index in [4.69, 9.17) is 0 Å². The van der Waals surface area contributed by atoms with E-state index in [9.17, 15) is 0 Å². The SMILES string of the molecule is c1ccc(C2CCN(c3ncccn3)CC2)cc1. The van der Waals surface area contributed by atoms with Gasteiger partial charge < -0.3 is 4.90 Å². The average molecular weight is 239 g/mol. The lowest BCUT2D eigenvalue weighted by Gasteiger charge is -2.32. The van der Waals surface area contributed by atoms with Crippen molar-refractivity contribution in [1.29, 1.82) is 0 Å². The third kappa shape index (κ3) is 2.35. The van der Waals surface area contributed by atoms with Gasteiger partial charge in [-0.1, -0.05) is 30.3 Å². The van der Waals surface area contributed by atoms with Crippen LogP contribution >= 0.6 is 0 Å². The van der Waals surface area contributed by atoms with E-state index in [1.165, 1.54) is 18.4 Å². The third-order valence-corrected chi connectivity index (χ3v) is 3.60. The Kier molecular flexibility index (Phi) is 3.22. The first-order valence-corrected chi connectivity index (χ1v) is 6.50. The van der Waals surface area contributed by atoms with E-state index < -0.39 is 0 Å². The summed E-state index contributed by atoms with van der Waals surface area (Å²) in [6.45, 7) is 2.09. The van der Waals surface area contributed by atoms with Gasteiger partial charge in [0.05, 0.1) is 0 Å². The lowest BCUT2D eigenvalue weighted by Crippen LogP contribution is -2.34. The number of anilines is 1. The Morgan fingerprint density at radius 1 is 0.889 bits per heavy atom. The Morgan fingerprint density at radius 3 is 2.22 bits per heavy atom. The number of hydrogen-bond donors (Lipinski definition) is 0. The molecule has 1 aromatic carbocycles. The summed E-state index contributed by atoms with van der Waals surface area (Å²) < 4.78 is 0. The maximum atomic E-state index is 4.32. The van der Waals surface area contributed by atoms with Gasteiger partial charge in [0, 0.05) is 25.5 Å². The van der Waals surface area contributed by atoms with Gasteiger partial charge in [0.2, 0.25) is 5.95 Å². The first-order valence-electron chi connectivity index (χ1n) is 6.50. The second-order valence-electron chi connectivity index (χ2n) is 4.72. The monoisotopic (exact) mass is 239 g/mol. The topological polar surface area (TPSA) is 29.0 Å². The molecule has 1 saturated heterocycles. The summed E-state index contributed by atoms with van der Waals surface area (Å²) >= 11 is 0. The molecule has 0 bridgehead atoms. The Bertz CT molecular complexity index is 428. The van der Waals surface area contributed by atoms with Crippen LogP contribution in [0.15, 0.2) is 48.8 Å². The van der Waals surface area contributed by atoms with Crippen LogP contribution in [0.4, 0.5) is 5.95 Å². The van der Waals surface area contributed by atoms with Gasteiger partial charge in [-0.3, -0.25) is 0 Å². The fraction of sp³-hybridized carbons (Fsp3) is 0.333. The average Bonchev–Trinajstić information content (AvgIpc) is 2.49. The minimum atomic E-state index is 0.686.